The van der Waals surface area contributed by atoms with Gasteiger partial charge in [-0.25, -0.2) is 0 Å². The van der Waals surface area contributed by atoms with Gasteiger partial charge >= 0.3 is 5.91 Å². The maximum absolute atomic E-state index is 12.5. The van der Waals surface area contributed by atoms with Gasteiger partial charge in [0.1, 0.15) is 4.70 Å². The van der Waals surface area contributed by atoms with Crippen molar-refractivity contribution in [2.45, 2.75) is 6.92 Å². The van der Waals surface area contributed by atoms with E-state index in [2.05, 4.69) is 17.2 Å². The fourth-order valence-electron chi connectivity index (χ4n) is 2.87. The van der Waals surface area contributed by atoms with Crippen molar-refractivity contribution in [2.24, 2.45) is 0 Å². The number of hydrogen-bond acceptors (Lipinski definition) is 7. The topological polar surface area (TPSA) is 71.8 Å². The third kappa shape index (κ3) is 3.62. The van der Waals surface area contributed by atoms with Crippen LogP contribution in [0.2, 0.25) is 0 Å². The van der Waals surface area contributed by atoms with Crippen molar-refractivity contribution in [1.82, 2.24) is 0 Å². The number of carbonyl (C=O) groups excluding carboxylic acids is 1. The summed E-state index contributed by atoms with van der Waals surface area (Å²) in [6, 6.07) is 3.42. The number of thiophene rings is 2. The molecule has 0 aliphatic carbocycles. The van der Waals surface area contributed by atoms with E-state index in [4.69, 9.17) is 9.15 Å². The minimum absolute atomic E-state index is 0.0454. The molecule has 1 amide bonds. The lowest BCUT2D eigenvalue weighted by Gasteiger charge is -2.27. The fraction of sp³-hybridized carbons (Fsp3) is 0.263. The average molecular weight is 400 g/mol. The molecule has 138 valence electrons. The van der Waals surface area contributed by atoms with Crippen LogP contribution in [-0.4, -0.2) is 32.2 Å². The molecular formula is C19H16N2O4S2. The van der Waals surface area contributed by atoms with Crippen molar-refractivity contribution in [2.75, 3.05) is 36.5 Å². The predicted molar refractivity (Wildman–Crippen MR) is 109 cm³/mol. The third-order valence-corrected chi connectivity index (χ3v) is 5.96. The van der Waals surface area contributed by atoms with Gasteiger partial charge in [-0.2, -0.15) is 0 Å². The lowest BCUT2D eigenvalue weighted by atomic mass is 10.1. The highest BCUT2D eigenvalue weighted by Gasteiger charge is 2.19. The van der Waals surface area contributed by atoms with Crippen LogP contribution < -0.4 is 15.6 Å². The molecular weight excluding hydrogens is 384 g/mol. The van der Waals surface area contributed by atoms with Crippen LogP contribution in [0.5, 0.6) is 0 Å². The minimum atomic E-state index is -0.345. The molecule has 1 aliphatic heterocycles. The molecule has 0 saturated carbocycles. The van der Waals surface area contributed by atoms with Crippen LogP contribution in [0.4, 0.5) is 10.9 Å². The quantitative estimate of drug-likeness (QED) is 0.683. The normalized spacial score (nSPS) is 14.0. The predicted octanol–water partition coefficient (Wildman–Crippen LogP) is 3.38. The Kier molecular flexibility index (Phi) is 4.99. The molecule has 0 unspecified atom stereocenters. The average Bonchev–Trinajstić information content (AvgIpc) is 3.29. The molecule has 6 nitrogen and oxygen atoms in total. The zero-order chi connectivity index (χ0) is 18.8. The molecule has 3 aromatic heterocycles. The molecule has 0 atom stereocenters. The molecule has 1 N–H and O–H groups in total. The zero-order valence-corrected chi connectivity index (χ0v) is 16.2. The summed E-state index contributed by atoms with van der Waals surface area (Å²) in [5, 5.41) is 7.28. The molecule has 4 heterocycles. The number of hydrogen-bond donors (Lipinski definition) is 1. The van der Waals surface area contributed by atoms with Crippen LogP contribution >= 0.6 is 22.7 Å². The third-order valence-electron chi connectivity index (χ3n) is 4.14. The first-order valence-corrected chi connectivity index (χ1v) is 10.1. The van der Waals surface area contributed by atoms with Crippen molar-refractivity contribution < 1.29 is 13.9 Å². The lowest BCUT2D eigenvalue weighted by molar-refractivity contribution is -0.111. The van der Waals surface area contributed by atoms with Crippen molar-refractivity contribution in [3.05, 3.63) is 33.1 Å². The van der Waals surface area contributed by atoms with E-state index in [1.807, 2.05) is 21.7 Å². The maximum Gasteiger partial charge on any atom is 0.300 e. The summed E-state index contributed by atoms with van der Waals surface area (Å²) in [6.45, 7) is 4.24. The van der Waals surface area contributed by atoms with Gasteiger partial charge in [-0.1, -0.05) is 5.92 Å². The Morgan fingerprint density at radius 2 is 2.04 bits per heavy atom. The van der Waals surface area contributed by atoms with Crippen molar-refractivity contribution in [3.63, 3.8) is 0 Å². The van der Waals surface area contributed by atoms with Crippen molar-refractivity contribution in [3.8, 4) is 23.0 Å². The number of rotatable bonds is 3. The fourth-order valence-corrected chi connectivity index (χ4v) is 4.58. The smallest absolute Gasteiger partial charge is 0.300 e. The summed E-state index contributed by atoms with van der Waals surface area (Å²) in [5.74, 6) is 5.24. The van der Waals surface area contributed by atoms with Crippen LogP contribution in [-0.2, 0) is 9.53 Å². The number of amides is 1. The molecule has 3 aromatic rings. The van der Waals surface area contributed by atoms with Gasteiger partial charge in [0, 0.05) is 35.5 Å². The first kappa shape index (κ1) is 17.8. The standard InChI is InChI=1S/C19H16N2O4S2/c1-2-3-15(23)20-16-8-12(10-26-16)13-11-27-19-14(22)9-17(25-18(13)19)21-4-6-24-7-5-21/h8-11H,4-7H2,1H3,(H,20,23). The number of ether oxygens (including phenoxy) is 1. The summed E-state index contributed by atoms with van der Waals surface area (Å²) in [4.78, 5) is 26.2. The molecule has 0 aromatic carbocycles. The van der Waals surface area contributed by atoms with Crippen LogP contribution in [0.25, 0.3) is 21.4 Å². The minimum Gasteiger partial charge on any atom is -0.439 e. The van der Waals surface area contributed by atoms with Gasteiger partial charge < -0.3 is 19.4 Å². The summed E-state index contributed by atoms with van der Waals surface area (Å²) < 4.78 is 12.1. The molecule has 0 spiro atoms. The number of nitrogens with one attached hydrogen (secondary N) is 1. The second kappa shape index (κ2) is 7.56. The molecule has 1 saturated heterocycles. The number of carbonyl (C=O) groups is 1. The molecule has 1 aliphatic rings. The second-order valence-corrected chi connectivity index (χ2v) is 7.68. The maximum atomic E-state index is 12.5. The van der Waals surface area contributed by atoms with E-state index in [9.17, 15) is 9.59 Å². The van der Waals surface area contributed by atoms with Gasteiger partial charge in [-0.05, 0) is 24.5 Å². The van der Waals surface area contributed by atoms with E-state index in [-0.39, 0.29) is 11.3 Å². The van der Waals surface area contributed by atoms with E-state index in [1.165, 1.54) is 22.7 Å². The van der Waals surface area contributed by atoms with Gasteiger partial charge in [0.2, 0.25) is 5.43 Å². The number of morpholine rings is 1. The molecule has 8 heteroatoms. The van der Waals surface area contributed by atoms with Gasteiger partial charge in [-0.15, -0.1) is 22.7 Å². The van der Waals surface area contributed by atoms with Gasteiger partial charge in [0.05, 0.1) is 18.2 Å². The van der Waals surface area contributed by atoms with E-state index >= 15 is 0 Å². The Bertz CT molecular complexity index is 1110. The van der Waals surface area contributed by atoms with Gasteiger partial charge in [0.25, 0.3) is 0 Å². The number of nitrogens with zero attached hydrogens (tertiary/aromatic N) is 1. The number of fused-ring (bicyclic) bond motifs is 1. The first-order valence-electron chi connectivity index (χ1n) is 8.36. The van der Waals surface area contributed by atoms with E-state index in [0.29, 0.717) is 47.5 Å². The van der Waals surface area contributed by atoms with E-state index in [0.717, 1.165) is 11.1 Å². The van der Waals surface area contributed by atoms with Gasteiger partial charge in [0.15, 0.2) is 11.5 Å². The second-order valence-electron chi connectivity index (χ2n) is 5.88. The van der Waals surface area contributed by atoms with Crippen molar-refractivity contribution >= 4 is 49.7 Å². The Hall–Kier alpha value is -2.60. The Morgan fingerprint density at radius 1 is 1.22 bits per heavy atom. The van der Waals surface area contributed by atoms with Crippen molar-refractivity contribution in [1.29, 1.82) is 0 Å². The summed E-state index contributed by atoms with van der Waals surface area (Å²) in [7, 11) is 0. The highest BCUT2D eigenvalue weighted by Crippen LogP contribution is 2.37. The monoisotopic (exact) mass is 400 g/mol. The van der Waals surface area contributed by atoms with Crippen LogP contribution in [0, 0.1) is 11.8 Å². The van der Waals surface area contributed by atoms with Crippen LogP contribution in [0.3, 0.4) is 0 Å². The molecule has 4 rings (SSSR count). The zero-order valence-electron chi connectivity index (χ0n) is 14.5. The van der Waals surface area contributed by atoms with Crippen LogP contribution in [0.1, 0.15) is 6.92 Å². The number of anilines is 2. The molecule has 0 radical (unpaired) electrons. The summed E-state index contributed by atoms with van der Waals surface area (Å²) in [5.41, 5.74) is 2.28. The summed E-state index contributed by atoms with van der Waals surface area (Å²) in [6.07, 6.45) is 0. The largest absolute Gasteiger partial charge is 0.439 e. The summed E-state index contributed by atoms with van der Waals surface area (Å²) >= 11 is 2.77. The van der Waals surface area contributed by atoms with Crippen LogP contribution in [0.15, 0.2) is 32.1 Å². The Labute approximate surface area is 163 Å². The van der Waals surface area contributed by atoms with E-state index in [1.54, 1.807) is 13.0 Å². The SMILES string of the molecule is CC#CC(=O)Nc1cc(-c2csc3c(=O)cc(N4CCOCC4)oc23)cs1. The highest BCUT2D eigenvalue weighted by atomic mass is 32.1. The Balaban J connectivity index is 1.70. The lowest BCUT2D eigenvalue weighted by Crippen LogP contribution is -2.36. The van der Waals surface area contributed by atoms with Gasteiger partial charge in [-0.3, -0.25) is 9.59 Å². The molecule has 0 bridgehead atoms. The first-order chi connectivity index (χ1) is 13.2. The molecule has 27 heavy (non-hydrogen) atoms. The van der Waals surface area contributed by atoms with E-state index < -0.39 is 0 Å². The Morgan fingerprint density at radius 3 is 2.81 bits per heavy atom. The highest BCUT2D eigenvalue weighted by molar-refractivity contribution is 7.17. The molecule has 1 fully saturated rings.